The standard InChI is InChI=1S/C23H16N2O3/c1-28-18-7-2-6-16(13-18)21-15(5-3-8-20(21)23(26)27)10-11-17-14-25-22-19(17)9-4-12-24-22/h2-9,12-14H,1H3,(H,24,25)(H,26,27). The Morgan fingerprint density at radius 3 is 2.71 bits per heavy atom. The summed E-state index contributed by atoms with van der Waals surface area (Å²) in [6.45, 7) is 0. The second-order valence-corrected chi connectivity index (χ2v) is 6.12. The molecule has 2 aromatic carbocycles. The maximum absolute atomic E-state index is 11.8. The Labute approximate surface area is 161 Å². The van der Waals surface area contributed by atoms with Gasteiger partial charge in [-0.25, -0.2) is 9.78 Å². The van der Waals surface area contributed by atoms with Crippen LogP contribution in [0.1, 0.15) is 21.5 Å². The fourth-order valence-electron chi connectivity index (χ4n) is 3.12. The lowest BCUT2D eigenvalue weighted by Crippen LogP contribution is -2.01. The monoisotopic (exact) mass is 368 g/mol. The van der Waals surface area contributed by atoms with E-state index in [-0.39, 0.29) is 5.56 Å². The van der Waals surface area contributed by atoms with Crippen LogP contribution in [0.5, 0.6) is 5.75 Å². The van der Waals surface area contributed by atoms with Crippen molar-refractivity contribution in [3.8, 4) is 28.7 Å². The topological polar surface area (TPSA) is 75.2 Å². The highest BCUT2D eigenvalue weighted by Gasteiger charge is 2.15. The SMILES string of the molecule is COc1cccc(-c2c(C#Cc3c[nH]c4ncccc34)cccc2C(=O)O)c1. The van der Waals surface area contributed by atoms with Crippen molar-refractivity contribution in [2.45, 2.75) is 0 Å². The van der Waals surface area contributed by atoms with Gasteiger partial charge in [-0.3, -0.25) is 0 Å². The van der Waals surface area contributed by atoms with E-state index in [2.05, 4.69) is 21.8 Å². The molecule has 0 aliphatic heterocycles. The molecule has 5 heteroatoms. The molecular formula is C23H16N2O3. The van der Waals surface area contributed by atoms with Gasteiger partial charge < -0.3 is 14.8 Å². The summed E-state index contributed by atoms with van der Waals surface area (Å²) in [5, 5.41) is 10.6. The third-order valence-corrected chi connectivity index (χ3v) is 4.44. The van der Waals surface area contributed by atoms with Crippen LogP contribution in [-0.2, 0) is 0 Å². The van der Waals surface area contributed by atoms with Crippen LogP contribution < -0.4 is 4.74 Å². The van der Waals surface area contributed by atoms with Crippen LogP contribution in [0, 0.1) is 11.8 Å². The van der Waals surface area contributed by atoms with Gasteiger partial charge in [0, 0.05) is 28.9 Å². The van der Waals surface area contributed by atoms with Crippen LogP contribution in [0.15, 0.2) is 67.0 Å². The number of hydrogen-bond acceptors (Lipinski definition) is 3. The first-order valence-corrected chi connectivity index (χ1v) is 8.62. The van der Waals surface area contributed by atoms with Crippen LogP contribution >= 0.6 is 0 Å². The van der Waals surface area contributed by atoms with Gasteiger partial charge in [0.05, 0.1) is 18.2 Å². The minimum Gasteiger partial charge on any atom is -0.497 e. The summed E-state index contributed by atoms with van der Waals surface area (Å²) >= 11 is 0. The fraction of sp³-hybridized carbons (Fsp3) is 0.0435. The number of nitrogens with one attached hydrogen (secondary N) is 1. The van der Waals surface area contributed by atoms with Gasteiger partial charge in [-0.1, -0.05) is 30.0 Å². The molecule has 0 atom stereocenters. The van der Waals surface area contributed by atoms with Crippen molar-refractivity contribution < 1.29 is 14.6 Å². The third kappa shape index (κ3) is 3.19. The molecule has 0 saturated carbocycles. The molecule has 4 rings (SSSR count). The summed E-state index contributed by atoms with van der Waals surface area (Å²) in [5.74, 6) is 5.93. The molecule has 2 N–H and O–H groups in total. The van der Waals surface area contributed by atoms with Gasteiger partial charge in [-0.15, -0.1) is 0 Å². The maximum Gasteiger partial charge on any atom is 0.336 e. The molecule has 2 heterocycles. The molecule has 0 saturated heterocycles. The molecule has 5 nitrogen and oxygen atoms in total. The Bertz CT molecular complexity index is 1250. The number of H-pyrrole nitrogens is 1. The zero-order valence-electron chi connectivity index (χ0n) is 15.1. The fourth-order valence-corrected chi connectivity index (χ4v) is 3.12. The lowest BCUT2D eigenvalue weighted by molar-refractivity contribution is 0.0697. The molecule has 136 valence electrons. The van der Waals surface area contributed by atoms with Crippen molar-refractivity contribution >= 4 is 17.0 Å². The molecule has 0 radical (unpaired) electrons. The second kappa shape index (κ2) is 7.29. The van der Waals surface area contributed by atoms with Gasteiger partial charge in [0.2, 0.25) is 0 Å². The largest absolute Gasteiger partial charge is 0.497 e. The summed E-state index contributed by atoms with van der Waals surface area (Å²) in [6.07, 6.45) is 3.52. The molecule has 0 amide bonds. The number of benzene rings is 2. The second-order valence-electron chi connectivity index (χ2n) is 6.12. The molecule has 0 spiro atoms. The number of carbonyl (C=O) groups is 1. The number of ether oxygens (including phenoxy) is 1. The van der Waals surface area contributed by atoms with E-state index < -0.39 is 5.97 Å². The van der Waals surface area contributed by atoms with Gasteiger partial charge in [-0.05, 0) is 42.0 Å². The number of pyridine rings is 1. The number of aromatic carboxylic acids is 1. The molecule has 0 fully saturated rings. The number of nitrogens with zero attached hydrogens (tertiary/aromatic N) is 1. The van der Waals surface area contributed by atoms with E-state index in [0.29, 0.717) is 16.9 Å². The number of aromatic amines is 1. The van der Waals surface area contributed by atoms with E-state index in [4.69, 9.17) is 4.74 Å². The van der Waals surface area contributed by atoms with Gasteiger partial charge in [0.15, 0.2) is 0 Å². The predicted octanol–water partition coefficient (Wildman–Crippen LogP) is 4.34. The molecule has 0 aliphatic rings. The smallest absolute Gasteiger partial charge is 0.336 e. The van der Waals surface area contributed by atoms with Crippen LogP contribution in [0.3, 0.4) is 0 Å². The van der Waals surface area contributed by atoms with E-state index >= 15 is 0 Å². The van der Waals surface area contributed by atoms with E-state index in [1.807, 2.05) is 42.5 Å². The normalized spacial score (nSPS) is 10.3. The van der Waals surface area contributed by atoms with Crippen molar-refractivity contribution in [2.75, 3.05) is 7.11 Å². The van der Waals surface area contributed by atoms with Gasteiger partial charge in [-0.2, -0.15) is 0 Å². The van der Waals surface area contributed by atoms with E-state index in [1.54, 1.807) is 31.6 Å². The lowest BCUT2D eigenvalue weighted by Gasteiger charge is -2.10. The molecule has 0 aliphatic carbocycles. The Morgan fingerprint density at radius 1 is 1.07 bits per heavy atom. The highest BCUT2D eigenvalue weighted by atomic mass is 16.5. The lowest BCUT2D eigenvalue weighted by atomic mass is 9.94. The Balaban J connectivity index is 1.89. The van der Waals surface area contributed by atoms with E-state index in [9.17, 15) is 9.90 Å². The number of carboxylic acid groups (broad SMARTS) is 1. The van der Waals surface area contributed by atoms with Gasteiger partial charge in [0.1, 0.15) is 11.4 Å². The molecule has 4 aromatic rings. The van der Waals surface area contributed by atoms with Crippen LogP contribution in [-0.4, -0.2) is 28.2 Å². The Kier molecular flexibility index (Phi) is 4.53. The molecule has 28 heavy (non-hydrogen) atoms. The number of rotatable bonds is 3. The van der Waals surface area contributed by atoms with Crippen molar-refractivity contribution in [1.82, 2.24) is 9.97 Å². The maximum atomic E-state index is 11.8. The predicted molar refractivity (Wildman–Crippen MR) is 107 cm³/mol. The first kappa shape index (κ1) is 17.4. The van der Waals surface area contributed by atoms with Crippen LogP contribution in [0.25, 0.3) is 22.2 Å². The molecule has 0 bridgehead atoms. The highest BCUT2D eigenvalue weighted by Crippen LogP contribution is 2.30. The summed E-state index contributed by atoms with van der Waals surface area (Å²) in [6, 6.07) is 16.2. The van der Waals surface area contributed by atoms with Crippen molar-refractivity contribution in [3.05, 3.63) is 83.7 Å². The summed E-state index contributed by atoms with van der Waals surface area (Å²) in [5.41, 5.74) is 3.70. The zero-order valence-corrected chi connectivity index (χ0v) is 15.1. The van der Waals surface area contributed by atoms with E-state index in [0.717, 1.165) is 22.2 Å². The highest BCUT2D eigenvalue weighted by molar-refractivity contribution is 5.98. The molecule has 2 aromatic heterocycles. The minimum absolute atomic E-state index is 0.195. The summed E-state index contributed by atoms with van der Waals surface area (Å²) in [7, 11) is 1.58. The molecule has 0 unspecified atom stereocenters. The Hall–Kier alpha value is -4.04. The number of carboxylic acids is 1. The number of aromatic nitrogens is 2. The van der Waals surface area contributed by atoms with Gasteiger partial charge >= 0.3 is 5.97 Å². The zero-order chi connectivity index (χ0) is 19.5. The Morgan fingerprint density at radius 2 is 1.89 bits per heavy atom. The quantitative estimate of drug-likeness (QED) is 0.528. The van der Waals surface area contributed by atoms with E-state index in [1.165, 1.54) is 0 Å². The van der Waals surface area contributed by atoms with Crippen LogP contribution in [0.2, 0.25) is 0 Å². The van der Waals surface area contributed by atoms with Crippen molar-refractivity contribution in [1.29, 1.82) is 0 Å². The summed E-state index contributed by atoms with van der Waals surface area (Å²) < 4.78 is 5.29. The number of methoxy groups -OCH3 is 1. The van der Waals surface area contributed by atoms with Crippen LogP contribution in [0.4, 0.5) is 0 Å². The molecular weight excluding hydrogens is 352 g/mol. The summed E-state index contributed by atoms with van der Waals surface area (Å²) in [4.78, 5) is 19.2. The third-order valence-electron chi connectivity index (χ3n) is 4.44. The average molecular weight is 368 g/mol. The van der Waals surface area contributed by atoms with Crippen molar-refractivity contribution in [3.63, 3.8) is 0 Å². The first-order chi connectivity index (χ1) is 13.7. The van der Waals surface area contributed by atoms with Crippen molar-refractivity contribution in [2.24, 2.45) is 0 Å². The number of hydrogen-bond donors (Lipinski definition) is 2. The first-order valence-electron chi connectivity index (χ1n) is 8.62. The number of fused-ring (bicyclic) bond motifs is 1. The minimum atomic E-state index is -1.00. The van der Waals surface area contributed by atoms with Gasteiger partial charge in [0.25, 0.3) is 0 Å². The average Bonchev–Trinajstić information content (AvgIpc) is 3.15.